The van der Waals surface area contributed by atoms with Crippen molar-refractivity contribution in [3.05, 3.63) is 29.6 Å². The maximum atomic E-state index is 13.2. The molecule has 1 aromatic carbocycles. The summed E-state index contributed by atoms with van der Waals surface area (Å²) >= 11 is 3.16. The van der Waals surface area contributed by atoms with Gasteiger partial charge in [0.1, 0.15) is 0 Å². The number of ketones is 1. The van der Waals surface area contributed by atoms with E-state index in [1.807, 2.05) is 0 Å². The molecule has 0 saturated heterocycles. The second kappa shape index (κ2) is 5.10. The molecule has 0 aromatic heterocycles. The highest BCUT2D eigenvalue weighted by Crippen LogP contribution is 2.23. The van der Waals surface area contributed by atoms with Gasteiger partial charge in [0.05, 0.1) is 12.2 Å². The summed E-state index contributed by atoms with van der Waals surface area (Å²) in [4.78, 5) is 11.1. The Morgan fingerprint density at radius 3 is 2.86 bits per heavy atom. The first kappa shape index (κ1) is 11.2. The van der Waals surface area contributed by atoms with E-state index in [4.69, 9.17) is 4.74 Å². The molecule has 0 fully saturated rings. The first-order valence-electron chi connectivity index (χ1n) is 4.15. The third-order valence-electron chi connectivity index (χ3n) is 1.67. The molecule has 4 heteroatoms. The van der Waals surface area contributed by atoms with Crippen LogP contribution in [0.3, 0.4) is 0 Å². The Hall–Kier alpha value is -0.900. The summed E-state index contributed by atoms with van der Waals surface area (Å²) in [5, 5.41) is 0.596. The van der Waals surface area contributed by atoms with Crippen molar-refractivity contribution in [2.45, 2.75) is 6.92 Å². The number of carbonyl (C=O) groups excluding carboxylic acids is 1. The Labute approximate surface area is 90.2 Å². The maximum Gasteiger partial charge on any atom is 0.165 e. The number of rotatable bonds is 4. The van der Waals surface area contributed by atoms with Crippen LogP contribution in [0.5, 0.6) is 5.75 Å². The van der Waals surface area contributed by atoms with E-state index in [0.29, 0.717) is 11.9 Å². The number of halogens is 2. The molecule has 0 aliphatic rings. The van der Waals surface area contributed by atoms with Crippen LogP contribution in [0.1, 0.15) is 17.3 Å². The van der Waals surface area contributed by atoms with E-state index in [0.717, 1.165) is 0 Å². The normalized spacial score (nSPS) is 9.93. The minimum absolute atomic E-state index is 0.0412. The Morgan fingerprint density at radius 2 is 2.29 bits per heavy atom. The number of Topliss-reactive ketones (excluding diaryl/α,β-unsaturated/α-hetero) is 1. The molecule has 0 N–H and O–H groups in total. The topological polar surface area (TPSA) is 26.3 Å². The molecular weight excluding hydrogens is 251 g/mol. The van der Waals surface area contributed by atoms with Crippen LogP contribution < -0.4 is 4.74 Å². The highest BCUT2D eigenvalue weighted by molar-refractivity contribution is 9.09. The molecule has 14 heavy (non-hydrogen) atoms. The molecule has 0 saturated carbocycles. The number of carbonyl (C=O) groups is 1. The molecule has 0 aliphatic heterocycles. The van der Waals surface area contributed by atoms with Crippen molar-refractivity contribution in [3.63, 3.8) is 0 Å². The summed E-state index contributed by atoms with van der Waals surface area (Å²) in [6.07, 6.45) is 0. The Morgan fingerprint density at radius 1 is 1.57 bits per heavy atom. The summed E-state index contributed by atoms with van der Waals surface area (Å²) < 4.78 is 18.4. The average molecular weight is 261 g/mol. The van der Waals surface area contributed by atoms with Crippen LogP contribution >= 0.6 is 15.9 Å². The van der Waals surface area contributed by atoms with Gasteiger partial charge in [0.25, 0.3) is 0 Å². The molecule has 2 nitrogen and oxygen atoms in total. The van der Waals surface area contributed by atoms with E-state index in [2.05, 4.69) is 15.9 Å². The fraction of sp³-hybridized carbons (Fsp3) is 0.300. The largest absolute Gasteiger partial charge is 0.489 e. The molecule has 0 unspecified atom stereocenters. The number of hydrogen-bond donors (Lipinski definition) is 0. The highest BCUT2D eigenvalue weighted by atomic mass is 79.9. The van der Waals surface area contributed by atoms with Gasteiger partial charge in [-0.2, -0.15) is 0 Å². The predicted molar refractivity (Wildman–Crippen MR) is 55.7 cm³/mol. The fourth-order valence-electron chi connectivity index (χ4n) is 1.07. The smallest absolute Gasteiger partial charge is 0.165 e. The maximum absolute atomic E-state index is 13.2. The van der Waals surface area contributed by atoms with Gasteiger partial charge in [-0.25, -0.2) is 4.39 Å². The number of benzene rings is 1. The molecule has 0 heterocycles. The van der Waals surface area contributed by atoms with Crippen molar-refractivity contribution in [2.24, 2.45) is 0 Å². The molecule has 0 spiro atoms. The lowest BCUT2D eigenvalue weighted by Crippen LogP contribution is -2.05. The van der Waals surface area contributed by atoms with Crippen LogP contribution in [0, 0.1) is 5.82 Å². The van der Waals surface area contributed by atoms with E-state index in [-0.39, 0.29) is 17.1 Å². The van der Waals surface area contributed by atoms with Crippen LogP contribution in [0.15, 0.2) is 18.2 Å². The molecule has 76 valence electrons. The summed E-state index contributed by atoms with van der Waals surface area (Å²) in [6, 6.07) is 4.32. The number of para-hydroxylation sites is 1. The lowest BCUT2D eigenvalue weighted by molar-refractivity contribution is 0.101. The zero-order chi connectivity index (χ0) is 10.6. The van der Waals surface area contributed by atoms with Gasteiger partial charge in [-0.05, 0) is 19.1 Å². The van der Waals surface area contributed by atoms with E-state index in [1.54, 1.807) is 6.07 Å². The van der Waals surface area contributed by atoms with Crippen molar-refractivity contribution >= 4 is 21.7 Å². The molecule has 0 aliphatic carbocycles. The predicted octanol–water partition coefficient (Wildman–Crippen LogP) is 2.80. The van der Waals surface area contributed by atoms with E-state index >= 15 is 0 Å². The van der Waals surface area contributed by atoms with Crippen molar-refractivity contribution < 1.29 is 13.9 Å². The van der Waals surface area contributed by atoms with Gasteiger partial charge in [0.15, 0.2) is 17.3 Å². The lowest BCUT2D eigenvalue weighted by Gasteiger charge is -2.08. The lowest BCUT2D eigenvalue weighted by atomic mass is 10.1. The van der Waals surface area contributed by atoms with Gasteiger partial charge in [0, 0.05) is 5.33 Å². The molecule has 0 bridgehead atoms. The second-order valence-corrected chi connectivity index (χ2v) is 3.50. The van der Waals surface area contributed by atoms with Crippen molar-refractivity contribution in [1.82, 2.24) is 0 Å². The summed E-state index contributed by atoms with van der Waals surface area (Å²) in [5.41, 5.74) is 0.283. The number of hydrogen-bond acceptors (Lipinski definition) is 2. The first-order valence-corrected chi connectivity index (χ1v) is 5.27. The molecule has 0 amide bonds. The molecule has 1 aromatic rings. The number of ether oxygens (including phenoxy) is 1. The Balaban J connectivity index is 3.02. The Bertz CT molecular complexity index is 339. The van der Waals surface area contributed by atoms with E-state index in [9.17, 15) is 9.18 Å². The summed E-state index contributed by atoms with van der Waals surface area (Å²) in [5.74, 6) is -0.660. The quantitative estimate of drug-likeness (QED) is 0.615. The molecule has 1 rings (SSSR count). The minimum atomic E-state index is -0.501. The zero-order valence-electron chi connectivity index (χ0n) is 7.72. The third-order valence-corrected chi connectivity index (χ3v) is 1.99. The van der Waals surface area contributed by atoms with Crippen molar-refractivity contribution in [2.75, 3.05) is 11.9 Å². The Kier molecular flexibility index (Phi) is 4.07. The van der Waals surface area contributed by atoms with Gasteiger partial charge in [-0.15, -0.1) is 0 Å². The summed E-state index contributed by atoms with van der Waals surface area (Å²) in [7, 11) is 0. The van der Waals surface area contributed by atoms with E-state index < -0.39 is 5.82 Å². The van der Waals surface area contributed by atoms with Crippen LogP contribution in [0.4, 0.5) is 4.39 Å². The second-order valence-electron chi connectivity index (χ2n) is 2.71. The third kappa shape index (κ3) is 2.54. The molecule has 0 atom stereocenters. The van der Waals surface area contributed by atoms with Gasteiger partial charge < -0.3 is 4.74 Å². The highest BCUT2D eigenvalue weighted by Gasteiger charge is 2.12. The molecule has 0 radical (unpaired) electrons. The van der Waals surface area contributed by atoms with E-state index in [1.165, 1.54) is 19.1 Å². The van der Waals surface area contributed by atoms with Gasteiger partial charge in [0.2, 0.25) is 0 Å². The van der Waals surface area contributed by atoms with Crippen LogP contribution in [-0.2, 0) is 0 Å². The van der Waals surface area contributed by atoms with Crippen LogP contribution in [0.2, 0.25) is 0 Å². The van der Waals surface area contributed by atoms with Crippen molar-refractivity contribution in [1.29, 1.82) is 0 Å². The molecular formula is C10H10BrFO2. The average Bonchev–Trinajstić information content (AvgIpc) is 2.15. The van der Waals surface area contributed by atoms with Crippen molar-refractivity contribution in [3.8, 4) is 5.75 Å². The number of alkyl halides is 1. The minimum Gasteiger partial charge on any atom is -0.489 e. The fourth-order valence-corrected chi connectivity index (χ4v) is 1.24. The van der Waals surface area contributed by atoms with Gasteiger partial charge >= 0.3 is 0 Å². The summed E-state index contributed by atoms with van der Waals surface area (Å²) in [6.45, 7) is 1.72. The van der Waals surface area contributed by atoms with Crippen LogP contribution in [0.25, 0.3) is 0 Å². The van der Waals surface area contributed by atoms with Gasteiger partial charge in [-0.3, -0.25) is 4.79 Å². The first-order chi connectivity index (χ1) is 6.66. The SMILES string of the molecule is CC(=O)c1cccc(F)c1OCCBr. The monoisotopic (exact) mass is 260 g/mol. The van der Waals surface area contributed by atoms with Crippen LogP contribution in [-0.4, -0.2) is 17.7 Å². The standard InChI is InChI=1S/C10H10BrFO2/c1-7(13)8-3-2-4-9(12)10(8)14-6-5-11/h2-4H,5-6H2,1H3. The van der Waals surface area contributed by atoms with Gasteiger partial charge in [-0.1, -0.05) is 22.0 Å². The zero-order valence-corrected chi connectivity index (χ0v) is 9.30.